The van der Waals surface area contributed by atoms with Crippen LogP contribution >= 0.6 is 0 Å². The zero-order chi connectivity index (χ0) is 8.97. The molecule has 1 rings (SSSR count). The van der Waals surface area contributed by atoms with Gasteiger partial charge < -0.3 is 15.2 Å². The van der Waals surface area contributed by atoms with Crippen molar-refractivity contribution >= 4 is 5.97 Å². The summed E-state index contributed by atoms with van der Waals surface area (Å²) in [4.78, 5) is 11.0. The number of esters is 1. The van der Waals surface area contributed by atoms with Crippen LogP contribution in [-0.4, -0.2) is 32.3 Å². The second kappa shape index (κ2) is 4.42. The van der Waals surface area contributed by atoms with E-state index in [0.717, 1.165) is 12.8 Å². The monoisotopic (exact) mass is 173 g/mol. The summed E-state index contributed by atoms with van der Waals surface area (Å²) < 4.78 is 9.72. The van der Waals surface area contributed by atoms with Crippen molar-refractivity contribution in [1.29, 1.82) is 0 Å². The molecule has 0 unspecified atom stereocenters. The summed E-state index contributed by atoms with van der Waals surface area (Å²) in [6, 6.07) is -0.473. The van der Waals surface area contributed by atoms with Crippen LogP contribution in [0.5, 0.6) is 0 Å². The third-order valence-corrected chi connectivity index (χ3v) is 2.25. The number of nitrogens with two attached hydrogens (primary N) is 1. The zero-order valence-corrected chi connectivity index (χ0v) is 7.29. The molecule has 1 saturated heterocycles. The molecule has 12 heavy (non-hydrogen) atoms. The van der Waals surface area contributed by atoms with Gasteiger partial charge in [-0.1, -0.05) is 0 Å². The van der Waals surface area contributed by atoms with Crippen molar-refractivity contribution < 1.29 is 14.3 Å². The maximum atomic E-state index is 11.0. The van der Waals surface area contributed by atoms with Crippen LogP contribution in [0.3, 0.4) is 0 Å². The highest BCUT2D eigenvalue weighted by Crippen LogP contribution is 2.17. The average molecular weight is 173 g/mol. The number of hydrogen-bond acceptors (Lipinski definition) is 4. The van der Waals surface area contributed by atoms with Crippen LogP contribution in [0, 0.1) is 5.92 Å². The molecule has 1 heterocycles. The maximum Gasteiger partial charge on any atom is 0.322 e. The second-order valence-corrected chi connectivity index (χ2v) is 3.00. The lowest BCUT2D eigenvalue weighted by atomic mass is 9.92. The molecule has 0 aliphatic carbocycles. The molecule has 1 aliphatic rings. The molecule has 70 valence electrons. The van der Waals surface area contributed by atoms with Crippen molar-refractivity contribution in [2.45, 2.75) is 18.9 Å². The van der Waals surface area contributed by atoms with Crippen molar-refractivity contribution in [3.8, 4) is 0 Å². The molecular formula is C8H15NO3. The Morgan fingerprint density at radius 3 is 2.67 bits per heavy atom. The van der Waals surface area contributed by atoms with Crippen LogP contribution in [-0.2, 0) is 14.3 Å². The Hall–Kier alpha value is -0.610. The first-order chi connectivity index (χ1) is 5.75. The van der Waals surface area contributed by atoms with Crippen molar-refractivity contribution in [1.82, 2.24) is 0 Å². The minimum absolute atomic E-state index is 0.228. The highest BCUT2D eigenvalue weighted by molar-refractivity contribution is 5.75. The molecule has 4 heteroatoms. The van der Waals surface area contributed by atoms with Crippen LogP contribution in [0.4, 0.5) is 0 Å². The molecule has 1 aliphatic heterocycles. The third kappa shape index (κ3) is 2.19. The first-order valence-corrected chi connectivity index (χ1v) is 4.17. The zero-order valence-electron chi connectivity index (χ0n) is 7.29. The van der Waals surface area contributed by atoms with Crippen LogP contribution in [0.15, 0.2) is 0 Å². The molecule has 0 aromatic rings. The number of ether oxygens (including phenoxy) is 2. The molecule has 0 amide bonds. The van der Waals surface area contributed by atoms with Crippen LogP contribution in [0.2, 0.25) is 0 Å². The average Bonchev–Trinajstić information content (AvgIpc) is 2.17. The van der Waals surface area contributed by atoms with Gasteiger partial charge in [0, 0.05) is 13.2 Å². The summed E-state index contributed by atoms with van der Waals surface area (Å²) >= 11 is 0. The molecule has 0 aromatic carbocycles. The smallest absolute Gasteiger partial charge is 0.322 e. The normalized spacial score (nSPS) is 21.8. The van der Waals surface area contributed by atoms with Gasteiger partial charge in [-0.2, -0.15) is 0 Å². The van der Waals surface area contributed by atoms with Crippen LogP contribution < -0.4 is 5.73 Å². The van der Waals surface area contributed by atoms with Gasteiger partial charge in [0.2, 0.25) is 0 Å². The number of hydrogen-bond donors (Lipinski definition) is 1. The summed E-state index contributed by atoms with van der Waals surface area (Å²) in [5, 5.41) is 0. The van der Waals surface area contributed by atoms with Gasteiger partial charge in [-0.15, -0.1) is 0 Å². The van der Waals surface area contributed by atoms with Crippen molar-refractivity contribution in [2.24, 2.45) is 11.7 Å². The number of carbonyl (C=O) groups is 1. The largest absolute Gasteiger partial charge is 0.468 e. The molecule has 1 atom stereocenters. The fraction of sp³-hybridized carbons (Fsp3) is 0.875. The molecule has 0 spiro atoms. The Morgan fingerprint density at radius 1 is 1.58 bits per heavy atom. The molecule has 1 fully saturated rings. The highest BCUT2D eigenvalue weighted by Gasteiger charge is 2.26. The van der Waals surface area contributed by atoms with Gasteiger partial charge in [0.15, 0.2) is 0 Å². The Balaban J connectivity index is 2.39. The van der Waals surface area contributed by atoms with Gasteiger partial charge in [0.25, 0.3) is 0 Å². The summed E-state index contributed by atoms with van der Waals surface area (Å²) in [6.07, 6.45) is 1.71. The SMILES string of the molecule is COC(=O)[C@@H](N)C1CCOCC1. The van der Waals surface area contributed by atoms with E-state index in [2.05, 4.69) is 4.74 Å². The van der Waals surface area contributed by atoms with Gasteiger partial charge in [-0.25, -0.2) is 0 Å². The van der Waals surface area contributed by atoms with Crippen LogP contribution in [0.25, 0.3) is 0 Å². The van der Waals surface area contributed by atoms with Crippen molar-refractivity contribution in [3.05, 3.63) is 0 Å². The van der Waals surface area contributed by atoms with E-state index >= 15 is 0 Å². The second-order valence-electron chi connectivity index (χ2n) is 3.00. The summed E-state index contributed by atoms with van der Waals surface area (Å²) in [5.74, 6) is -0.0897. The first-order valence-electron chi connectivity index (χ1n) is 4.17. The number of methoxy groups -OCH3 is 1. The third-order valence-electron chi connectivity index (χ3n) is 2.25. The predicted molar refractivity (Wildman–Crippen MR) is 43.5 cm³/mol. The topological polar surface area (TPSA) is 61.5 Å². The molecule has 0 aromatic heterocycles. The standard InChI is InChI=1S/C8H15NO3/c1-11-8(10)7(9)6-2-4-12-5-3-6/h6-7H,2-5,9H2,1H3/t7-/m0/s1. The Kier molecular flexibility index (Phi) is 3.49. The highest BCUT2D eigenvalue weighted by atomic mass is 16.5. The summed E-state index contributed by atoms with van der Waals surface area (Å²) in [7, 11) is 1.36. The maximum absolute atomic E-state index is 11.0. The molecular weight excluding hydrogens is 158 g/mol. The quantitative estimate of drug-likeness (QED) is 0.593. The molecule has 2 N–H and O–H groups in total. The first kappa shape index (κ1) is 9.48. The summed E-state index contributed by atoms with van der Waals surface area (Å²) in [5.41, 5.74) is 5.67. The fourth-order valence-corrected chi connectivity index (χ4v) is 1.40. The predicted octanol–water partition coefficient (Wildman–Crippen LogP) is -0.0867. The van der Waals surface area contributed by atoms with Crippen LogP contribution in [0.1, 0.15) is 12.8 Å². The van der Waals surface area contributed by atoms with Gasteiger partial charge >= 0.3 is 5.97 Å². The van der Waals surface area contributed by atoms with Gasteiger partial charge in [0.1, 0.15) is 6.04 Å². The van der Waals surface area contributed by atoms with E-state index in [1.165, 1.54) is 7.11 Å². The van der Waals surface area contributed by atoms with Crippen molar-refractivity contribution in [2.75, 3.05) is 20.3 Å². The van der Waals surface area contributed by atoms with E-state index < -0.39 is 6.04 Å². The Morgan fingerprint density at radius 2 is 2.17 bits per heavy atom. The van der Waals surface area contributed by atoms with Gasteiger partial charge in [-0.3, -0.25) is 4.79 Å². The van der Waals surface area contributed by atoms with E-state index in [9.17, 15) is 4.79 Å². The lowest BCUT2D eigenvalue weighted by Gasteiger charge is -2.25. The van der Waals surface area contributed by atoms with Gasteiger partial charge in [0.05, 0.1) is 7.11 Å². The molecule has 4 nitrogen and oxygen atoms in total. The van der Waals surface area contributed by atoms with Gasteiger partial charge in [-0.05, 0) is 18.8 Å². The Labute approximate surface area is 72.0 Å². The minimum Gasteiger partial charge on any atom is -0.468 e. The molecule has 0 radical (unpaired) electrons. The lowest BCUT2D eigenvalue weighted by Crippen LogP contribution is -2.41. The lowest BCUT2D eigenvalue weighted by molar-refractivity contribution is -0.144. The minimum atomic E-state index is -0.473. The van der Waals surface area contributed by atoms with E-state index in [1.807, 2.05) is 0 Å². The van der Waals surface area contributed by atoms with E-state index in [-0.39, 0.29) is 11.9 Å². The number of carbonyl (C=O) groups excluding carboxylic acids is 1. The Bertz CT molecular complexity index is 154. The molecule has 0 bridgehead atoms. The van der Waals surface area contributed by atoms with E-state index in [0.29, 0.717) is 13.2 Å². The number of rotatable bonds is 2. The fourth-order valence-electron chi connectivity index (χ4n) is 1.40. The van der Waals surface area contributed by atoms with Crippen molar-refractivity contribution in [3.63, 3.8) is 0 Å². The molecule has 0 saturated carbocycles. The van der Waals surface area contributed by atoms with E-state index in [1.54, 1.807) is 0 Å². The summed E-state index contributed by atoms with van der Waals surface area (Å²) in [6.45, 7) is 1.41. The van der Waals surface area contributed by atoms with E-state index in [4.69, 9.17) is 10.5 Å².